The minimum atomic E-state index is -0.169. The van der Waals surface area contributed by atoms with E-state index in [1.54, 1.807) is 0 Å². The Morgan fingerprint density at radius 2 is 2.18 bits per heavy atom. The molecule has 1 unspecified atom stereocenters. The first-order valence-corrected chi connectivity index (χ1v) is 6.07. The quantitative estimate of drug-likeness (QED) is 0.627. The SMILES string of the molecule is COC(=O)CCCNC(C)c1ccccc1Cl. The normalized spacial score (nSPS) is 12.2. The van der Waals surface area contributed by atoms with E-state index >= 15 is 0 Å². The van der Waals surface area contributed by atoms with Gasteiger partial charge in [0.25, 0.3) is 0 Å². The van der Waals surface area contributed by atoms with Crippen LogP contribution in [0, 0.1) is 0 Å². The van der Waals surface area contributed by atoms with Gasteiger partial charge >= 0.3 is 5.97 Å². The molecule has 1 aromatic rings. The number of halogens is 1. The lowest BCUT2D eigenvalue weighted by molar-refractivity contribution is -0.140. The average Bonchev–Trinajstić information content (AvgIpc) is 2.34. The Hall–Kier alpha value is -1.06. The molecule has 0 aliphatic carbocycles. The third-order valence-corrected chi connectivity index (χ3v) is 2.95. The van der Waals surface area contributed by atoms with E-state index in [1.165, 1.54) is 7.11 Å². The Labute approximate surface area is 107 Å². The smallest absolute Gasteiger partial charge is 0.305 e. The first kappa shape index (κ1) is 14.0. The Balaban J connectivity index is 2.33. The van der Waals surface area contributed by atoms with Gasteiger partial charge in [-0.1, -0.05) is 29.8 Å². The molecule has 0 spiro atoms. The zero-order chi connectivity index (χ0) is 12.7. The maximum absolute atomic E-state index is 10.9. The lowest BCUT2D eigenvalue weighted by atomic mass is 10.1. The molecule has 17 heavy (non-hydrogen) atoms. The van der Waals surface area contributed by atoms with Crippen LogP contribution < -0.4 is 5.32 Å². The molecule has 0 heterocycles. The maximum Gasteiger partial charge on any atom is 0.305 e. The third-order valence-electron chi connectivity index (χ3n) is 2.61. The van der Waals surface area contributed by atoms with E-state index in [-0.39, 0.29) is 12.0 Å². The largest absolute Gasteiger partial charge is 0.469 e. The van der Waals surface area contributed by atoms with E-state index in [0.29, 0.717) is 6.42 Å². The molecular formula is C13H18ClNO2. The number of carbonyl (C=O) groups excluding carboxylic acids is 1. The van der Waals surface area contributed by atoms with Gasteiger partial charge < -0.3 is 10.1 Å². The van der Waals surface area contributed by atoms with Crippen molar-refractivity contribution in [1.29, 1.82) is 0 Å². The molecule has 4 heteroatoms. The van der Waals surface area contributed by atoms with Crippen molar-refractivity contribution in [2.75, 3.05) is 13.7 Å². The average molecular weight is 256 g/mol. The molecule has 1 N–H and O–H groups in total. The summed E-state index contributed by atoms with van der Waals surface area (Å²) in [6, 6.07) is 7.94. The zero-order valence-corrected chi connectivity index (χ0v) is 11.0. The minimum absolute atomic E-state index is 0.169. The maximum atomic E-state index is 10.9. The van der Waals surface area contributed by atoms with E-state index in [2.05, 4.69) is 17.0 Å². The monoisotopic (exact) mass is 255 g/mol. The highest BCUT2D eigenvalue weighted by atomic mass is 35.5. The topological polar surface area (TPSA) is 38.3 Å². The van der Waals surface area contributed by atoms with Gasteiger partial charge in [0.15, 0.2) is 0 Å². The van der Waals surface area contributed by atoms with Crippen molar-refractivity contribution in [3.05, 3.63) is 34.9 Å². The minimum Gasteiger partial charge on any atom is -0.469 e. The highest BCUT2D eigenvalue weighted by Crippen LogP contribution is 2.21. The second-order valence-electron chi connectivity index (χ2n) is 3.88. The Kier molecular flexibility index (Phi) is 6.01. The summed E-state index contributed by atoms with van der Waals surface area (Å²) in [6.45, 7) is 2.82. The number of rotatable bonds is 6. The van der Waals surface area contributed by atoms with Gasteiger partial charge in [0.2, 0.25) is 0 Å². The molecule has 0 saturated heterocycles. The summed E-state index contributed by atoms with van der Waals surface area (Å²) in [5, 5.41) is 4.09. The molecule has 0 aliphatic rings. The molecule has 1 aromatic carbocycles. The van der Waals surface area contributed by atoms with E-state index in [0.717, 1.165) is 23.6 Å². The molecule has 0 radical (unpaired) electrons. The number of benzene rings is 1. The Morgan fingerprint density at radius 3 is 2.82 bits per heavy atom. The van der Waals surface area contributed by atoms with Crippen LogP contribution in [0.25, 0.3) is 0 Å². The van der Waals surface area contributed by atoms with Crippen LogP contribution in [0.15, 0.2) is 24.3 Å². The van der Waals surface area contributed by atoms with Gasteiger partial charge in [-0.25, -0.2) is 0 Å². The van der Waals surface area contributed by atoms with E-state index < -0.39 is 0 Å². The highest BCUT2D eigenvalue weighted by molar-refractivity contribution is 6.31. The third kappa shape index (κ3) is 4.75. The molecule has 0 aromatic heterocycles. The van der Waals surface area contributed by atoms with Crippen molar-refractivity contribution >= 4 is 17.6 Å². The zero-order valence-electron chi connectivity index (χ0n) is 10.2. The van der Waals surface area contributed by atoms with Crippen LogP contribution in [0.3, 0.4) is 0 Å². The van der Waals surface area contributed by atoms with Crippen LogP contribution in [0.2, 0.25) is 5.02 Å². The predicted molar refractivity (Wildman–Crippen MR) is 69.1 cm³/mol. The van der Waals surface area contributed by atoms with Crippen LogP contribution in [0.4, 0.5) is 0 Å². The first-order valence-electron chi connectivity index (χ1n) is 5.69. The second-order valence-corrected chi connectivity index (χ2v) is 4.28. The van der Waals surface area contributed by atoms with Crippen molar-refractivity contribution in [1.82, 2.24) is 5.32 Å². The van der Waals surface area contributed by atoms with Gasteiger partial charge in [-0.2, -0.15) is 0 Å². The number of hydrogen-bond donors (Lipinski definition) is 1. The van der Waals surface area contributed by atoms with Crippen molar-refractivity contribution in [2.45, 2.75) is 25.8 Å². The molecule has 94 valence electrons. The van der Waals surface area contributed by atoms with Crippen molar-refractivity contribution in [2.24, 2.45) is 0 Å². The summed E-state index contributed by atoms with van der Waals surface area (Å²) >= 11 is 6.09. The van der Waals surface area contributed by atoms with Gasteiger partial charge in [-0.3, -0.25) is 4.79 Å². The first-order chi connectivity index (χ1) is 8.15. The summed E-state index contributed by atoms with van der Waals surface area (Å²) in [7, 11) is 1.40. The Morgan fingerprint density at radius 1 is 1.47 bits per heavy atom. The number of carbonyl (C=O) groups is 1. The fourth-order valence-electron chi connectivity index (χ4n) is 1.59. The fourth-order valence-corrected chi connectivity index (χ4v) is 1.89. The van der Waals surface area contributed by atoms with Crippen LogP contribution in [0.5, 0.6) is 0 Å². The molecule has 1 rings (SSSR count). The van der Waals surface area contributed by atoms with E-state index in [1.807, 2.05) is 24.3 Å². The molecule has 0 fully saturated rings. The second kappa shape index (κ2) is 7.30. The fraction of sp³-hybridized carbons (Fsp3) is 0.462. The van der Waals surface area contributed by atoms with Gasteiger partial charge in [-0.05, 0) is 31.5 Å². The summed E-state index contributed by atoms with van der Waals surface area (Å²) in [6.07, 6.45) is 1.21. The van der Waals surface area contributed by atoms with Crippen LogP contribution in [-0.4, -0.2) is 19.6 Å². The van der Waals surface area contributed by atoms with Crippen molar-refractivity contribution in [3.8, 4) is 0 Å². The Bertz CT molecular complexity index is 368. The number of nitrogens with one attached hydrogen (secondary N) is 1. The molecule has 0 bridgehead atoms. The number of ether oxygens (including phenoxy) is 1. The molecule has 0 saturated carbocycles. The molecular weight excluding hydrogens is 238 g/mol. The molecule has 0 aliphatic heterocycles. The van der Waals surface area contributed by atoms with Crippen LogP contribution in [0.1, 0.15) is 31.4 Å². The number of methoxy groups -OCH3 is 1. The highest BCUT2D eigenvalue weighted by Gasteiger charge is 2.08. The van der Waals surface area contributed by atoms with Crippen LogP contribution >= 0.6 is 11.6 Å². The molecule has 0 amide bonds. The lowest BCUT2D eigenvalue weighted by Gasteiger charge is -2.15. The summed E-state index contributed by atoms with van der Waals surface area (Å²) in [4.78, 5) is 10.9. The van der Waals surface area contributed by atoms with Crippen molar-refractivity contribution in [3.63, 3.8) is 0 Å². The number of esters is 1. The molecule has 1 atom stereocenters. The van der Waals surface area contributed by atoms with Gasteiger partial charge in [0.05, 0.1) is 7.11 Å². The van der Waals surface area contributed by atoms with Gasteiger partial charge in [0, 0.05) is 17.5 Å². The predicted octanol–water partition coefficient (Wildman–Crippen LogP) is 2.94. The lowest BCUT2D eigenvalue weighted by Crippen LogP contribution is -2.20. The van der Waals surface area contributed by atoms with Crippen molar-refractivity contribution < 1.29 is 9.53 Å². The summed E-state index contributed by atoms with van der Waals surface area (Å²) in [5.74, 6) is -0.169. The van der Waals surface area contributed by atoms with E-state index in [9.17, 15) is 4.79 Å². The standard InChI is InChI=1S/C13H18ClNO2/c1-10(11-6-3-4-7-12(11)14)15-9-5-8-13(16)17-2/h3-4,6-7,10,15H,5,8-9H2,1-2H3. The van der Waals surface area contributed by atoms with Crippen LogP contribution in [-0.2, 0) is 9.53 Å². The number of hydrogen-bond acceptors (Lipinski definition) is 3. The molecule has 3 nitrogen and oxygen atoms in total. The van der Waals surface area contributed by atoms with E-state index in [4.69, 9.17) is 11.6 Å². The summed E-state index contributed by atoms with van der Waals surface area (Å²) < 4.78 is 4.57. The van der Waals surface area contributed by atoms with Gasteiger partial charge in [0.1, 0.15) is 0 Å². The summed E-state index contributed by atoms with van der Waals surface area (Å²) in [5.41, 5.74) is 1.08. The van der Waals surface area contributed by atoms with Gasteiger partial charge in [-0.15, -0.1) is 0 Å².